The van der Waals surface area contributed by atoms with Crippen LogP contribution in [0.3, 0.4) is 0 Å². The molecule has 2 N–H and O–H groups in total. The molecule has 0 aliphatic rings. The van der Waals surface area contributed by atoms with Gasteiger partial charge in [0.1, 0.15) is 15.3 Å². The lowest BCUT2D eigenvalue weighted by Crippen LogP contribution is -2.20. The van der Waals surface area contributed by atoms with E-state index in [1.807, 2.05) is 31.2 Å². The lowest BCUT2D eigenvalue weighted by molar-refractivity contribution is 0.416. The van der Waals surface area contributed by atoms with Crippen molar-refractivity contribution in [3.05, 3.63) is 50.8 Å². The van der Waals surface area contributed by atoms with Gasteiger partial charge in [-0.15, -0.1) is 11.3 Å². The van der Waals surface area contributed by atoms with Gasteiger partial charge in [-0.25, -0.2) is 14.8 Å². The van der Waals surface area contributed by atoms with E-state index >= 15 is 0 Å². The third kappa shape index (κ3) is 2.11. The molecular formula is C16H12N4O3S. The average molecular weight is 340 g/mol. The molecule has 120 valence electrons. The summed E-state index contributed by atoms with van der Waals surface area (Å²) >= 11 is 1.23. The second kappa shape index (κ2) is 5.27. The van der Waals surface area contributed by atoms with Crippen molar-refractivity contribution in [1.82, 2.24) is 19.9 Å². The zero-order valence-electron chi connectivity index (χ0n) is 12.8. The topological polar surface area (TPSA) is 101 Å². The molecule has 1 aromatic carbocycles. The molecule has 0 amide bonds. The standard InChI is InChI=1S/C16H12N4O3S/c1-7-10-11-12(14(21)20-16(22)18-11)24-15(10)19-13(17-7)8-5-3-4-6-9(8)23-2/h3-6H,1-2H3,(H2,18,20,21,22). The SMILES string of the molecule is COc1ccccc1-c1nc(C)c2c(n1)sc1c(=O)[nH]c(=O)[nH]c12. The fraction of sp³-hybridized carbons (Fsp3) is 0.125. The first-order chi connectivity index (χ1) is 11.6. The van der Waals surface area contributed by atoms with Crippen LogP contribution in [0.1, 0.15) is 5.69 Å². The van der Waals surface area contributed by atoms with E-state index in [2.05, 4.69) is 19.9 Å². The summed E-state index contributed by atoms with van der Waals surface area (Å²) in [7, 11) is 1.59. The zero-order chi connectivity index (χ0) is 16.8. The Morgan fingerprint density at radius 3 is 2.71 bits per heavy atom. The van der Waals surface area contributed by atoms with Crippen molar-refractivity contribution >= 4 is 31.8 Å². The number of H-pyrrole nitrogens is 2. The third-order valence-electron chi connectivity index (χ3n) is 3.75. The molecule has 0 saturated heterocycles. The summed E-state index contributed by atoms with van der Waals surface area (Å²) in [4.78, 5) is 38.2. The van der Waals surface area contributed by atoms with Gasteiger partial charge in [0.2, 0.25) is 0 Å². The first kappa shape index (κ1) is 14.6. The number of hydrogen-bond acceptors (Lipinski definition) is 6. The van der Waals surface area contributed by atoms with Crippen molar-refractivity contribution in [1.29, 1.82) is 0 Å². The van der Waals surface area contributed by atoms with Gasteiger partial charge in [0.05, 0.1) is 29.3 Å². The minimum absolute atomic E-state index is 0.421. The first-order valence-corrected chi connectivity index (χ1v) is 7.97. The van der Waals surface area contributed by atoms with Crippen LogP contribution in [0.4, 0.5) is 0 Å². The Kier molecular flexibility index (Phi) is 3.20. The number of ether oxygens (including phenoxy) is 1. The van der Waals surface area contributed by atoms with Crippen molar-refractivity contribution in [3.8, 4) is 17.1 Å². The van der Waals surface area contributed by atoms with Gasteiger partial charge >= 0.3 is 5.69 Å². The summed E-state index contributed by atoms with van der Waals surface area (Å²) in [5, 5.41) is 0.692. The monoisotopic (exact) mass is 340 g/mol. The van der Waals surface area contributed by atoms with E-state index in [9.17, 15) is 9.59 Å². The molecule has 0 aliphatic carbocycles. The molecule has 7 nitrogen and oxygen atoms in total. The molecule has 0 radical (unpaired) electrons. The predicted molar refractivity (Wildman–Crippen MR) is 92.9 cm³/mol. The molecule has 0 fully saturated rings. The number of aromatic amines is 2. The second-order valence-electron chi connectivity index (χ2n) is 5.23. The predicted octanol–water partition coefficient (Wildman–Crippen LogP) is 2.21. The van der Waals surface area contributed by atoms with Gasteiger partial charge in [0.25, 0.3) is 5.56 Å². The molecule has 4 rings (SSSR count). The van der Waals surface area contributed by atoms with Gasteiger partial charge < -0.3 is 9.72 Å². The van der Waals surface area contributed by atoms with Crippen LogP contribution in [0.25, 0.3) is 31.8 Å². The number of thiophene rings is 1. The zero-order valence-corrected chi connectivity index (χ0v) is 13.7. The number of fused-ring (bicyclic) bond motifs is 3. The fourth-order valence-corrected chi connectivity index (χ4v) is 3.78. The van der Waals surface area contributed by atoms with Crippen molar-refractivity contribution in [2.75, 3.05) is 7.11 Å². The van der Waals surface area contributed by atoms with Crippen molar-refractivity contribution in [2.24, 2.45) is 0 Å². The van der Waals surface area contributed by atoms with Crippen LogP contribution in [0.2, 0.25) is 0 Å². The summed E-state index contributed by atoms with van der Waals surface area (Å²) in [6.07, 6.45) is 0. The molecule has 0 unspecified atom stereocenters. The summed E-state index contributed by atoms with van der Waals surface area (Å²) < 4.78 is 5.80. The minimum atomic E-state index is -0.541. The fourth-order valence-electron chi connectivity index (χ4n) is 2.70. The van der Waals surface area contributed by atoms with Gasteiger partial charge in [-0.05, 0) is 19.1 Å². The van der Waals surface area contributed by atoms with Gasteiger partial charge in [0.15, 0.2) is 5.82 Å². The lowest BCUT2D eigenvalue weighted by atomic mass is 10.1. The Morgan fingerprint density at radius 2 is 1.92 bits per heavy atom. The van der Waals surface area contributed by atoms with Crippen molar-refractivity contribution in [2.45, 2.75) is 6.92 Å². The average Bonchev–Trinajstić information content (AvgIpc) is 2.94. The number of para-hydroxylation sites is 1. The van der Waals surface area contributed by atoms with Crippen LogP contribution < -0.4 is 16.0 Å². The van der Waals surface area contributed by atoms with E-state index in [1.54, 1.807) is 7.11 Å². The van der Waals surface area contributed by atoms with Gasteiger partial charge in [-0.3, -0.25) is 9.78 Å². The number of aryl methyl sites for hydroxylation is 1. The largest absolute Gasteiger partial charge is 0.496 e. The maximum atomic E-state index is 12.0. The molecule has 3 heterocycles. The van der Waals surface area contributed by atoms with Gasteiger partial charge in [0, 0.05) is 0 Å². The maximum absolute atomic E-state index is 12.0. The van der Waals surface area contributed by atoms with Crippen LogP contribution in [0, 0.1) is 6.92 Å². The number of benzene rings is 1. The van der Waals surface area contributed by atoms with Crippen molar-refractivity contribution in [3.63, 3.8) is 0 Å². The highest BCUT2D eigenvalue weighted by Gasteiger charge is 2.17. The van der Waals surface area contributed by atoms with Crippen LogP contribution >= 0.6 is 11.3 Å². The number of nitrogens with zero attached hydrogens (tertiary/aromatic N) is 2. The van der Waals surface area contributed by atoms with E-state index in [-0.39, 0.29) is 0 Å². The number of hydrogen-bond donors (Lipinski definition) is 2. The van der Waals surface area contributed by atoms with E-state index in [1.165, 1.54) is 11.3 Å². The Bertz CT molecular complexity index is 1210. The van der Waals surface area contributed by atoms with Crippen molar-refractivity contribution < 1.29 is 4.74 Å². The Labute approximate surface area is 139 Å². The minimum Gasteiger partial charge on any atom is -0.496 e. The summed E-state index contributed by atoms with van der Waals surface area (Å²) in [6.45, 7) is 1.83. The summed E-state index contributed by atoms with van der Waals surface area (Å²) in [5.41, 5.74) is 0.974. The van der Waals surface area contributed by atoms with E-state index in [0.29, 0.717) is 37.7 Å². The number of nitrogens with one attached hydrogen (secondary N) is 2. The quantitative estimate of drug-likeness (QED) is 0.582. The van der Waals surface area contributed by atoms with Crippen LogP contribution in [-0.2, 0) is 0 Å². The highest BCUT2D eigenvalue weighted by atomic mass is 32.1. The molecule has 0 bridgehead atoms. The molecule has 0 spiro atoms. The normalized spacial score (nSPS) is 11.2. The number of rotatable bonds is 2. The molecular weight excluding hydrogens is 328 g/mol. The molecule has 8 heteroatoms. The van der Waals surface area contributed by atoms with Crippen LogP contribution in [0.15, 0.2) is 33.9 Å². The smallest absolute Gasteiger partial charge is 0.326 e. The highest BCUT2D eigenvalue weighted by molar-refractivity contribution is 7.25. The van der Waals surface area contributed by atoms with Gasteiger partial charge in [-0.2, -0.15) is 0 Å². The van der Waals surface area contributed by atoms with Crippen LogP contribution in [-0.4, -0.2) is 27.0 Å². The Balaban J connectivity index is 2.09. The Hall–Kier alpha value is -3.00. The molecule has 0 aliphatic heterocycles. The molecule has 0 atom stereocenters. The third-order valence-corrected chi connectivity index (χ3v) is 4.83. The van der Waals surface area contributed by atoms with E-state index in [4.69, 9.17) is 4.74 Å². The molecule has 24 heavy (non-hydrogen) atoms. The van der Waals surface area contributed by atoms with E-state index in [0.717, 1.165) is 5.56 Å². The molecule has 4 aromatic rings. The molecule has 3 aromatic heterocycles. The first-order valence-electron chi connectivity index (χ1n) is 7.15. The van der Waals surface area contributed by atoms with E-state index < -0.39 is 11.2 Å². The van der Waals surface area contributed by atoms with Gasteiger partial charge in [-0.1, -0.05) is 12.1 Å². The summed E-state index contributed by atoms with van der Waals surface area (Å²) in [6, 6.07) is 7.47. The second-order valence-corrected chi connectivity index (χ2v) is 6.23. The molecule has 0 saturated carbocycles. The number of methoxy groups -OCH3 is 1. The van der Waals surface area contributed by atoms with Crippen LogP contribution in [0.5, 0.6) is 5.75 Å². The number of aromatic nitrogens is 4. The Morgan fingerprint density at radius 1 is 1.12 bits per heavy atom. The maximum Gasteiger partial charge on any atom is 0.326 e. The highest BCUT2D eigenvalue weighted by Crippen LogP contribution is 2.34. The summed E-state index contributed by atoms with van der Waals surface area (Å²) in [5.74, 6) is 1.19. The lowest BCUT2D eigenvalue weighted by Gasteiger charge is -2.07.